The van der Waals surface area contributed by atoms with E-state index in [1.165, 1.54) is 17.0 Å². The van der Waals surface area contributed by atoms with Gasteiger partial charge in [-0.3, -0.25) is 9.59 Å². The summed E-state index contributed by atoms with van der Waals surface area (Å²) in [5.74, 6) is -1.37. The van der Waals surface area contributed by atoms with E-state index in [0.29, 0.717) is 44.4 Å². The number of amides is 2. The Labute approximate surface area is 196 Å². The number of primary amides is 1. The molecule has 2 amide bonds. The van der Waals surface area contributed by atoms with Gasteiger partial charge in [0, 0.05) is 34.6 Å². The number of anilines is 1. The number of fused-ring (bicyclic) bond motifs is 3. The van der Waals surface area contributed by atoms with Crippen LogP contribution in [0.5, 0.6) is 0 Å². The number of halogens is 1. The van der Waals surface area contributed by atoms with Crippen LogP contribution in [-0.2, 0) is 21.6 Å². The second-order valence-corrected chi connectivity index (χ2v) is 8.88. The number of nitrogens with two attached hydrogens (primary N) is 1. The topological polar surface area (TPSA) is 99.4 Å². The third-order valence-corrected chi connectivity index (χ3v) is 6.01. The smallest absolute Gasteiger partial charge is 0.250 e. The minimum absolute atomic E-state index is 0.129. The van der Waals surface area contributed by atoms with Crippen LogP contribution >= 0.6 is 0 Å². The number of H-pyrrole nitrogens is 1. The van der Waals surface area contributed by atoms with E-state index in [4.69, 9.17) is 5.73 Å². The zero-order valence-electron chi connectivity index (χ0n) is 19.3. The number of aromatic nitrogens is 1. The molecule has 0 aliphatic carbocycles. The maximum Gasteiger partial charge on any atom is 0.250 e. The van der Waals surface area contributed by atoms with Crippen molar-refractivity contribution in [2.24, 2.45) is 5.73 Å². The van der Waals surface area contributed by atoms with E-state index >= 15 is 4.39 Å². The number of nitrogens with one attached hydrogen (secondary N) is 1. The highest BCUT2D eigenvalue weighted by atomic mass is 19.1. The summed E-state index contributed by atoms with van der Waals surface area (Å²) >= 11 is 0. The van der Waals surface area contributed by atoms with E-state index in [1.54, 1.807) is 51.2 Å². The number of aromatic amines is 1. The molecular formula is C27H26FN3O3. The molecular weight excluding hydrogens is 433 g/mol. The summed E-state index contributed by atoms with van der Waals surface area (Å²) in [4.78, 5) is 28.5. The third kappa shape index (κ3) is 4.06. The van der Waals surface area contributed by atoms with E-state index in [1.807, 2.05) is 12.1 Å². The fourth-order valence-electron chi connectivity index (χ4n) is 4.24. The van der Waals surface area contributed by atoms with Crippen LogP contribution in [0, 0.1) is 5.82 Å². The van der Waals surface area contributed by atoms with Crippen molar-refractivity contribution in [1.29, 1.82) is 0 Å². The average Bonchev–Trinajstić information content (AvgIpc) is 3.16. The van der Waals surface area contributed by atoms with Crippen molar-refractivity contribution >= 4 is 39.3 Å². The quantitative estimate of drug-likeness (QED) is 0.369. The van der Waals surface area contributed by atoms with Gasteiger partial charge in [0.1, 0.15) is 5.82 Å². The molecule has 3 aromatic carbocycles. The number of carbonyl (C=O) groups is 2. The van der Waals surface area contributed by atoms with Gasteiger partial charge in [0.05, 0.1) is 17.5 Å². The highest BCUT2D eigenvalue weighted by molar-refractivity contribution is 6.16. The van der Waals surface area contributed by atoms with Gasteiger partial charge >= 0.3 is 0 Å². The number of hydrogen-bond acceptors (Lipinski definition) is 3. The van der Waals surface area contributed by atoms with E-state index < -0.39 is 17.3 Å². The summed E-state index contributed by atoms with van der Waals surface area (Å²) in [5, 5.41) is 11.8. The van der Waals surface area contributed by atoms with Gasteiger partial charge < -0.3 is 20.7 Å². The number of hydrogen-bond donors (Lipinski definition) is 3. The Balaban J connectivity index is 2.04. The minimum atomic E-state index is -1.06. The van der Waals surface area contributed by atoms with Gasteiger partial charge in [-0.1, -0.05) is 30.8 Å². The van der Waals surface area contributed by atoms with Crippen molar-refractivity contribution in [3.63, 3.8) is 0 Å². The Kier molecular flexibility index (Phi) is 5.75. The number of carbonyl (C=O) groups excluding carboxylic acids is 2. The van der Waals surface area contributed by atoms with Crippen molar-refractivity contribution in [2.45, 2.75) is 25.9 Å². The van der Waals surface area contributed by atoms with Crippen molar-refractivity contribution in [3.05, 3.63) is 78.1 Å². The van der Waals surface area contributed by atoms with Crippen molar-refractivity contribution in [2.75, 3.05) is 11.9 Å². The van der Waals surface area contributed by atoms with E-state index in [9.17, 15) is 14.7 Å². The van der Waals surface area contributed by atoms with Crippen LogP contribution in [0.3, 0.4) is 0 Å². The summed E-state index contributed by atoms with van der Waals surface area (Å²) < 4.78 is 15.6. The molecule has 174 valence electrons. The number of likely N-dealkylation sites (N-methyl/N-ethyl adjacent to an activating group) is 1. The fourth-order valence-corrected chi connectivity index (χ4v) is 4.24. The van der Waals surface area contributed by atoms with Gasteiger partial charge in [-0.15, -0.1) is 0 Å². The molecule has 0 aliphatic rings. The fraction of sp³-hybridized carbons (Fsp3) is 0.185. The second kappa shape index (κ2) is 8.43. The monoisotopic (exact) mass is 459 g/mol. The van der Waals surface area contributed by atoms with Crippen LogP contribution in [0.2, 0.25) is 0 Å². The standard InChI is InChI=1S/C27H26FN3O3/c1-5-23(33)31(4)18-8-6-7-15(11-18)24-20(28)12-16(13-22(29)32)26-25(24)19-10-9-17(27(2,3)34)14-21(19)30-26/h5-12,14,30,34H,1,13H2,2-4H3,(H2,29,32). The van der Waals surface area contributed by atoms with E-state index in [-0.39, 0.29) is 12.3 Å². The Morgan fingerprint density at radius 2 is 1.94 bits per heavy atom. The molecule has 0 saturated carbocycles. The normalized spacial score (nSPS) is 11.7. The summed E-state index contributed by atoms with van der Waals surface area (Å²) in [6, 6.07) is 13.8. The SMILES string of the molecule is C=CC(=O)N(C)c1cccc(-c2c(F)cc(CC(N)=O)c3[nH]c4cc(C(C)(C)O)ccc4c23)c1. The predicted octanol–water partition coefficient (Wildman–Crippen LogP) is 4.53. The summed E-state index contributed by atoms with van der Waals surface area (Å²) in [6.45, 7) is 6.89. The lowest BCUT2D eigenvalue weighted by atomic mass is 9.93. The molecule has 0 aliphatic heterocycles. The number of aliphatic hydroxyl groups is 1. The number of nitrogens with zero attached hydrogens (tertiary/aromatic N) is 1. The van der Waals surface area contributed by atoms with E-state index in [0.717, 1.165) is 5.39 Å². The molecule has 0 atom stereocenters. The Morgan fingerprint density at radius 1 is 1.21 bits per heavy atom. The van der Waals surface area contributed by atoms with Gasteiger partial charge in [-0.05, 0) is 60.9 Å². The Bertz CT molecular complexity index is 1460. The van der Waals surface area contributed by atoms with Gasteiger partial charge in [0.2, 0.25) is 11.8 Å². The summed E-state index contributed by atoms with van der Waals surface area (Å²) in [5.41, 5.74) is 8.29. The maximum absolute atomic E-state index is 15.6. The largest absolute Gasteiger partial charge is 0.386 e. The molecule has 0 unspecified atom stereocenters. The van der Waals surface area contributed by atoms with Crippen LogP contribution in [0.15, 0.2) is 61.2 Å². The highest BCUT2D eigenvalue weighted by Crippen LogP contribution is 2.40. The molecule has 34 heavy (non-hydrogen) atoms. The summed E-state index contributed by atoms with van der Waals surface area (Å²) in [7, 11) is 1.62. The first-order valence-electron chi connectivity index (χ1n) is 10.8. The zero-order valence-corrected chi connectivity index (χ0v) is 19.3. The van der Waals surface area contributed by atoms with E-state index in [2.05, 4.69) is 11.6 Å². The number of rotatable bonds is 6. The Hall–Kier alpha value is -3.97. The van der Waals surface area contributed by atoms with Crippen LogP contribution in [0.25, 0.3) is 32.9 Å². The molecule has 7 heteroatoms. The zero-order chi connectivity index (χ0) is 24.8. The lowest BCUT2D eigenvalue weighted by molar-refractivity contribution is -0.117. The van der Waals surface area contributed by atoms with Gasteiger partial charge in [-0.2, -0.15) is 0 Å². The van der Waals surface area contributed by atoms with Crippen molar-refractivity contribution in [1.82, 2.24) is 4.98 Å². The first kappa shape index (κ1) is 23.2. The van der Waals surface area contributed by atoms with Gasteiger partial charge in [0.15, 0.2) is 0 Å². The van der Waals surface area contributed by atoms with Crippen LogP contribution < -0.4 is 10.6 Å². The molecule has 1 aromatic heterocycles. The molecule has 0 bridgehead atoms. The lowest BCUT2D eigenvalue weighted by Gasteiger charge is -2.18. The Morgan fingerprint density at radius 3 is 2.59 bits per heavy atom. The van der Waals surface area contributed by atoms with Crippen molar-refractivity contribution in [3.8, 4) is 11.1 Å². The molecule has 0 saturated heterocycles. The molecule has 4 N–H and O–H groups in total. The molecule has 4 aromatic rings. The van der Waals surface area contributed by atoms with Crippen LogP contribution in [0.4, 0.5) is 10.1 Å². The third-order valence-electron chi connectivity index (χ3n) is 6.01. The molecule has 0 fully saturated rings. The predicted molar refractivity (Wildman–Crippen MR) is 133 cm³/mol. The highest BCUT2D eigenvalue weighted by Gasteiger charge is 2.22. The molecule has 6 nitrogen and oxygen atoms in total. The lowest BCUT2D eigenvalue weighted by Crippen LogP contribution is -2.23. The van der Waals surface area contributed by atoms with Gasteiger partial charge in [0.25, 0.3) is 0 Å². The maximum atomic E-state index is 15.6. The van der Waals surface area contributed by atoms with Crippen LogP contribution in [-0.4, -0.2) is 29.0 Å². The minimum Gasteiger partial charge on any atom is -0.386 e. The number of benzene rings is 3. The molecule has 1 heterocycles. The molecule has 4 rings (SSSR count). The second-order valence-electron chi connectivity index (χ2n) is 8.88. The van der Waals surface area contributed by atoms with Crippen molar-refractivity contribution < 1.29 is 19.1 Å². The molecule has 0 spiro atoms. The summed E-state index contributed by atoms with van der Waals surface area (Å²) in [6.07, 6.45) is 1.08. The first-order chi connectivity index (χ1) is 16.0. The first-order valence-corrected chi connectivity index (χ1v) is 10.8. The molecule has 0 radical (unpaired) electrons. The van der Waals surface area contributed by atoms with Crippen LogP contribution in [0.1, 0.15) is 25.0 Å². The average molecular weight is 460 g/mol. The van der Waals surface area contributed by atoms with Gasteiger partial charge in [-0.25, -0.2) is 4.39 Å².